The van der Waals surface area contributed by atoms with Gasteiger partial charge in [-0.1, -0.05) is 0 Å². The first-order valence-electron chi connectivity index (χ1n) is 3.90. The first kappa shape index (κ1) is 7.91. The number of rotatable bonds is 0. The van der Waals surface area contributed by atoms with E-state index in [0.717, 1.165) is 0 Å². The fourth-order valence-electron chi connectivity index (χ4n) is 1.50. The number of nitrogens with zero attached hydrogens (tertiary/aromatic N) is 1. The van der Waals surface area contributed by atoms with Crippen LogP contribution in [0.4, 0.5) is 0 Å². The molecule has 1 aliphatic rings. The van der Waals surface area contributed by atoms with Crippen molar-refractivity contribution < 1.29 is 15.0 Å². The number of phenolic OH excluding ortho intramolecular Hbond substituents is 2. The van der Waals surface area contributed by atoms with E-state index >= 15 is 0 Å². The molecule has 0 aromatic heterocycles. The minimum Gasteiger partial charge on any atom is -0.504 e. The van der Waals surface area contributed by atoms with Crippen molar-refractivity contribution in [1.29, 1.82) is 0 Å². The molecule has 0 saturated carbocycles. The Hall–Kier alpha value is -1.71. The Morgan fingerprint density at radius 2 is 2.08 bits per heavy atom. The van der Waals surface area contributed by atoms with E-state index in [2.05, 4.69) is 0 Å². The second-order valence-corrected chi connectivity index (χ2v) is 3.12. The van der Waals surface area contributed by atoms with Crippen LogP contribution in [0, 0.1) is 0 Å². The van der Waals surface area contributed by atoms with Gasteiger partial charge in [0.2, 0.25) is 0 Å². The van der Waals surface area contributed by atoms with E-state index < -0.39 is 0 Å². The number of phenols is 2. The van der Waals surface area contributed by atoms with E-state index in [-0.39, 0.29) is 17.4 Å². The molecule has 0 bridgehead atoms. The average molecular weight is 179 g/mol. The summed E-state index contributed by atoms with van der Waals surface area (Å²) in [7, 11) is 1.65. The van der Waals surface area contributed by atoms with Crippen molar-refractivity contribution in [3.8, 4) is 11.5 Å². The zero-order valence-corrected chi connectivity index (χ0v) is 7.11. The maximum absolute atomic E-state index is 11.4. The molecule has 0 spiro atoms. The molecular weight excluding hydrogens is 170 g/mol. The zero-order valence-electron chi connectivity index (χ0n) is 7.11. The van der Waals surface area contributed by atoms with Gasteiger partial charge in [0.05, 0.1) is 6.54 Å². The maximum atomic E-state index is 11.4. The van der Waals surface area contributed by atoms with E-state index in [4.69, 9.17) is 0 Å². The highest BCUT2D eigenvalue weighted by Gasteiger charge is 2.27. The van der Waals surface area contributed by atoms with Crippen LogP contribution in [0.25, 0.3) is 0 Å². The van der Waals surface area contributed by atoms with Crippen molar-refractivity contribution >= 4 is 5.91 Å². The highest BCUT2D eigenvalue weighted by molar-refractivity contribution is 5.99. The second kappa shape index (κ2) is 2.39. The molecule has 4 heteroatoms. The number of hydrogen-bond donors (Lipinski definition) is 2. The van der Waals surface area contributed by atoms with Crippen LogP contribution >= 0.6 is 0 Å². The lowest BCUT2D eigenvalue weighted by atomic mass is 10.1. The highest BCUT2D eigenvalue weighted by Crippen LogP contribution is 2.35. The van der Waals surface area contributed by atoms with Crippen molar-refractivity contribution in [3.05, 3.63) is 23.3 Å². The van der Waals surface area contributed by atoms with Gasteiger partial charge >= 0.3 is 0 Å². The normalized spacial score (nSPS) is 14.8. The molecule has 0 unspecified atom stereocenters. The lowest BCUT2D eigenvalue weighted by Crippen LogP contribution is -2.17. The first-order chi connectivity index (χ1) is 6.11. The van der Waals surface area contributed by atoms with Gasteiger partial charge in [0.1, 0.15) is 0 Å². The van der Waals surface area contributed by atoms with E-state index in [1.807, 2.05) is 0 Å². The SMILES string of the molecule is CN1Cc2c(ccc(O)c2O)C1=O. The Morgan fingerprint density at radius 1 is 1.38 bits per heavy atom. The van der Waals surface area contributed by atoms with Gasteiger partial charge < -0.3 is 15.1 Å². The molecule has 4 nitrogen and oxygen atoms in total. The summed E-state index contributed by atoms with van der Waals surface area (Å²) in [5, 5.41) is 18.6. The number of aromatic hydroxyl groups is 2. The number of hydrogen-bond acceptors (Lipinski definition) is 3. The lowest BCUT2D eigenvalue weighted by Gasteiger charge is -2.04. The first-order valence-corrected chi connectivity index (χ1v) is 3.90. The quantitative estimate of drug-likeness (QED) is 0.576. The standard InChI is InChI=1S/C9H9NO3/c1-10-4-6-5(9(10)13)2-3-7(11)8(6)12/h2-3,11-12H,4H2,1H3. The van der Waals surface area contributed by atoms with Gasteiger partial charge in [-0.05, 0) is 12.1 Å². The number of fused-ring (bicyclic) bond motifs is 1. The zero-order chi connectivity index (χ0) is 9.59. The van der Waals surface area contributed by atoms with Crippen molar-refractivity contribution in [3.63, 3.8) is 0 Å². The summed E-state index contributed by atoms with van der Waals surface area (Å²) in [4.78, 5) is 12.9. The van der Waals surface area contributed by atoms with E-state index in [9.17, 15) is 15.0 Å². The van der Waals surface area contributed by atoms with Crippen molar-refractivity contribution in [2.45, 2.75) is 6.54 Å². The third kappa shape index (κ3) is 0.950. The molecule has 13 heavy (non-hydrogen) atoms. The molecule has 1 aromatic rings. The summed E-state index contributed by atoms with van der Waals surface area (Å²) in [5.41, 5.74) is 0.977. The molecule has 0 radical (unpaired) electrons. The Bertz CT molecular complexity index is 387. The fraction of sp³-hybridized carbons (Fsp3) is 0.222. The third-order valence-corrected chi connectivity index (χ3v) is 2.23. The average Bonchev–Trinajstić information content (AvgIpc) is 2.38. The molecule has 1 aliphatic heterocycles. The lowest BCUT2D eigenvalue weighted by molar-refractivity contribution is 0.0816. The van der Waals surface area contributed by atoms with Crippen LogP contribution in [-0.4, -0.2) is 28.1 Å². The van der Waals surface area contributed by atoms with Crippen LogP contribution in [-0.2, 0) is 6.54 Å². The maximum Gasteiger partial charge on any atom is 0.254 e. The predicted octanol–water partition coefficient (Wildman–Crippen LogP) is 0.683. The molecule has 1 aromatic carbocycles. The number of benzene rings is 1. The Labute approximate surface area is 75.0 Å². The summed E-state index contributed by atoms with van der Waals surface area (Å²) in [6, 6.07) is 2.85. The van der Waals surface area contributed by atoms with Crippen molar-refractivity contribution in [2.75, 3.05) is 7.05 Å². The summed E-state index contributed by atoms with van der Waals surface area (Å²) in [6.07, 6.45) is 0. The van der Waals surface area contributed by atoms with E-state index in [1.165, 1.54) is 17.0 Å². The smallest absolute Gasteiger partial charge is 0.254 e. The van der Waals surface area contributed by atoms with Gasteiger partial charge in [-0.25, -0.2) is 0 Å². The Balaban J connectivity index is 2.64. The minimum atomic E-state index is -0.185. The Morgan fingerprint density at radius 3 is 2.77 bits per heavy atom. The molecule has 2 N–H and O–H groups in total. The van der Waals surface area contributed by atoms with Gasteiger partial charge in [0, 0.05) is 18.2 Å². The van der Waals surface area contributed by atoms with Crippen molar-refractivity contribution in [2.24, 2.45) is 0 Å². The van der Waals surface area contributed by atoms with Crippen LogP contribution < -0.4 is 0 Å². The fourth-order valence-corrected chi connectivity index (χ4v) is 1.50. The van der Waals surface area contributed by atoms with Crippen LogP contribution in [0.15, 0.2) is 12.1 Å². The second-order valence-electron chi connectivity index (χ2n) is 3.12. The molecule has 2 rings (SSSR count). The largest absolute Gasteiger partial charge is 0.504 e. The minimum absolute atomic E-state index is 0.120. The van der Waals surface area contributed by atoms with Gasteiger partial charge in [-0.3, -0.25) is 4.79 Å². The predicted molar refractivity (Wildman–Crippen MR) is 45.6 cm³/mol. The van der Waals surface area contributed by atoms with E-state index in [1.54, 1.807) is 7.05 Å². The number of carbonyl (C=O) groups excluding carboxylic acids is 1. The third-order valence-electron chi connectivity index (χ3n) is 2.23. The van der Waals surface area contributed by atoms with Crippen LogP contribution in [0.5, 0.6) is 11.5 Å². The van der Waals surface area contributed by atoms with Gasteiger partial charge in [0.15, 0.2) is 11.5 Å². The molecule has 1 amide bonds. The summed E-state index contributed by atoms with van der Waals surface area (Å²) in [5.74, 6) is -0.484. The molecule has 1 heterocycles. The number of amides is 1. The van der Waals surface area contributed by atoms with Gasteiger partial charge in [-0.2, -0.15) is 0 Å². The van der Waals surface area contributed by atoms with E-state index in [0.29, 0.717) is 17.7 Å². The molecule has 0 atom stereocenters. The summed E-state index contributed by atoms with van der Waals surface area (Å²) < 4.78 is 0. The van der Waals surface area contributed by atoms with Crippen molar-refractivity contribution in [1.82, 2.24) is 4.90 Å². The number of carbonyl (C=O) groups is 1. The van der Waals surface area contributed by atoms with Gasteiger partial charge in [0.25, 0.3) is 5.91 Å². The molecule has 0 fully saturated rings. The van der Waals surface area contributed by atoms with Gasteiger partial charge in [-0.15, -0.1) is 0 Å². The highest BCUT2D eigenvalue weighted by atomic mass is 16.3. The summed E-state index contributed by atoms with van der Waals surface area (Å²) in [6.45, 7) is 0.356. The molecule has 68 valence electrons. The Kier molecular flexibility index (Phi) is 1.45. The van der Waals surface area contributed by atoms with Crippen LogP contribution in [0.1, 0.15) is 15.9 Å². The molecule has 0 aliphatic carbocycles. The molecular formula is C9H9NO3. The van der Waals surface area contributed by atoms with Crippen LogP contribution in [0.2, 0.25) is 0 Å². The molecule has 0 saturated heterocycles. The monoisotopic (exact) mass is 179 g/mol. The van der Waals surface area contributed by atoms with Crippen LogP contribution in [0.3, 0.4) is 0 Å². The topological polar surface area (TPSA) is 60.8 Å². The summed E-state index contributed by atoms with van der Waals surface area (Å²) >= 11 is 0.